The molecule has 0 saturated carbocycles. The predicted molar refractivity (Wildman–Crippen MR) is 205 cm³/mol. The summed E-state index contributed by atoms with van der Waals surface area (Å²) in [4.78, 5) is 0. The van der Waals surface area contributed by atoms with E-state index in [0.29, 0.717) is 0 Å². The molecule has 0 bridgehead atoms. The van der Waals surface area contributed by atoms with E-state index >= 15 is 0 Å². The Morgan fingerprint density at radius 2 is 1.00 bits per heavy atom. The van der Waals surface area contributed by atoms with Gasteiger partial charge in [0.15, 0.2) is 0 Å². The largest absolute Gasteiger partial charge is 0.355 e. The number of nitrogens with one attached hydrogen (secondary N) is 1. The SMILES string of the molecule is c1ccc(-n2c3cc(Nc4ccc5c(c4)C(c4ccccc4)(c4ccccc4)c4ccccc4-5)ccc3c3ccc4ccccc4c32)cc1. The third-order valence-corrected chi connectivity index (χ3v) is 10.4. The Morgan fingerprint density at radius 1 is 0.408 bits per heavy atom. The van der Waals surface area contributed by atoms with Crippen LogP contribution in [0.3, 0.4) is 0 Å². The lowest BCUT2D eigenvalue weighted by Crippen LogP contribution is -2.28. The van der Waals surface area contributed by atoms with Crippen LogP contribution in [-0.2, 0) is 5.41 Å². The Balaban J connectivity index is 1.17. The van der Waals surface area contributed by atoms with Gasteiger partial charge in [0.2, 0.25) is 0 Å². The van der Waals surface area contributed by atoms with Crippen LogP contribution in [0.4, 0.5) is 11.4 Å². The first-order valence-corrected chi connectivity index (χ1v) is 16.9. The van der Waals surface area contributed by atoms with Crippen molar-refractivity contribution in [1.82, 2.24) is 4.57 Å². The van der Waals surface area contributed by atoms with Gasteiger partial charge < -0.3 is 9.88 Å². The van der Waals surface area contributed by atoms with Gasteiger partial charge in [-0.25, -0.2) is 0 Å². The molecule has 0 unspecified atom stereocenters. The number of fused-ring (bicyclic) bond motifs is 8. The lowest BCUT2D eigenvalue weighted by Gasteiger charge is -2.34. The maximum absolute atomic E-state index is 3.84. The number of nitrogens with zero attached hydrogens (tertiary/aromatic N) is 1. The summed E-state index contributed by atoms with van der Waals surface area (Å²) in [6, 6.07) is 68.5. The first kappa shape index (κ1) is 27.7. The maximum Gasteiger partial charge on any atom is 0.0714 e. The molecule has 1 aliphatic rings. The van der Waals surface area contributed by atoms with Crippen LogP contribution in [0.5, 0.6) is 0 Å². The number of benzene rings is 8. The van der Waals surface area contributed by atoms with E-state index in [4.69, 9.17) is 0 Å². The Labute approximate surface area is 285 Å². The molecule has 0 atom stereocenters. The van der Waals surface area contributed by atoms with Crippen LogP contribution in [0, 0.1) is 0 Å². The predicted octanol–water partition coefficient (Wildman–Crippen LogP) is 12.0. The van der Waals surface area contributed by atoms with Crippen molar-refractivity contribution in [2.75, 3.05) is 5.32 Å². The van der Waals surface area contributed by atoms with Gasteiger partial charge >= 0.3 is 0 Å². The summed E-state index contributed by atoms with van der Waals surface area (Å²) in [7, 11) is 0. The number of rotatable bonds is 5. The van der Waals surface area contributed by atoms with Crippen molar-refractivity contribution in [1.29, 1.82) is 0 Å². The number of aromatic nitrogens is 1. The van der Waals surface area contributed by atoms with Crippen molar-refractivity contribution in [2.45, 2.75) is 5.41 Å². The van der Waals surface area contributed by atoms with Gasteiger partial charge in [0, 0.05) is 33.2 Å². The Kier molecular flexibility index (Phi) is 6.13. The molecule has 8 aromatic carbocycles. The van der Waals surface area contributed by atoms with Crippen LogP contribution in [0.2, 0.25) is 0 Å². The van der Waals surface area contributed by atoms with Crippen LogP contribution in [0.1, 0.15) is 22.3 Å². The van der Waals surface area contributed by atoms with Gasteiger partial charge in [-0.15, -0.1) is 0 Å². The Morgan fingerprint density at radius 3 is 1.78 bits per heavy atom. The van der Waals surface area contributed by atoms with E-state index in [1.54, 1.807) is 0 Å². The van der Waals surface area contributed by atoms with Crippen molar-refractivity contribution in [3.8, 4) is 16.8 Å². The number of hydrogen-bond acceptors (Lipinski definition) is 1. The topological polar surface area (TPSA) is 17.0 Å². The van der Waals surface area contributed by atoms with Gasteiger partial charge in [0.25, 0.3) is 0 Å². The Bertz CT molecular complexity index is 2630. The molecule has 0 fully saturated rings. The third-order valence-electron chi connectivity index (χ3n) is 10.4. The zero-order valence-corrected chi connectivity index (χ0v) is 26.8. The normalized spacial score (nSPS) is 13.1. The van der Waals surface area contributed by atoms with Crippen molar-refractivity contribution in [3.63, 3.8) is 0 Å². The highest BCUT2D eigenvalue weighted by molar-refractivity contribution is 6.19. The van der Waals surface area contributed by atoms with E-state index < -0.39 is 5.41 Å². The minimum atomic E-state index is -0.434. The zero-order chi connectivity index (χ0) is 32.4. The molecule has 2 nitrogen and oxygen atoms in total. The fraction of sp³-hybridized carbons (Fsp3) is 0.0213. The second kappa shape index (κ2) is 10.8. The molecule has 1 aliphatic carbocycles. The highest BCUT2D eigenvalue weighted by atomic mass is 15.0. The van der Waals surface area contributed by atoms with Crippen LogP contribution in [0.25, 0.3) is 49.4 Å². The van der Waals surface area contributed by atoms with Crippen molar-refractivity contribution >= 4 is 44.0 Å². The average molecular weight is 625 g/mol. The molecule has 2 heteroatoms. The van der Waals surface area contributed by atoms with Gasteiger partial charge in [-0.3, -0.25) is 0 Å². The van der Waals surface area contributed by atoms with Gasteiger partial charge in [-0.05, 0) is 75.2 Å². The van der Waals surface area contributed by atoms with Crippen LogP contribution < -0.4 is 5.32 Å². The highest BCUT2D eigenvalue weighted by Gasteiger charge is 2.46. The van der Waals surface area contributed by atoms with Crippen molar-refractivity contribution in [3.05, 3.63) is 210 Å². The fourth-order valence-electron chi connectivity index (χ4n) is 8.39. The molecule has 0 saturated heterocycles. The summed E-state index contributed by atoms with van der Waals surface area (Å²) in [6.07, 6.45) is 0. The first-order chi connectivity index (χ1) is 24.3. The molecule has 0 aliphatic heterocycles. The molecular weight excluding hydrogens is 593 g/mol. The first-order valence-electron chi connectivity index (χ1n) is 16.9. The summed E-state index contributed by atoms with van der Waals surface area (Å²) in [6.45, 7) is 0. The van der Waals surface area contributed by atoms with E-state index in [1.807, 2.05) is 0 Å². The number of hydrogen-bond donors (Lipinski definition) is 1. The highest BCUT2D eigenvalue weighted by Crippen LogP contribution is 2.56. The summed E-state index contributed by atoms with van der Waals surface area (Å²) >= 11 is 0. The molecule has 10 rings (SSSR count). The molecule has 9 aromatic rings. The fourth-order valence-corrected chi connectivity index (χ4v) is 8.39. The van der Waals surface area contributed by atoms with Gasteiger partial charge in [0.05, 0.1) is 16.4 Å². The lowest BCUT2D eigenvalue weighted by atomic mass is 9.67. The van der Waals surface area contributed by atoms with E-state index in [1.165, 1.54) is 66.0 Å². The lowest BCUT2D eigenvalue weighted by molar-refractivity contribution is 0.769. The molecule has 1 N–H and O–H groups in total. The van der Waals surface area contributed by atoms with Crippen LogP contribution in [-0.4, -0.2) is 4.57 Å². The molecule has 1 heterocycles. The third kappa shape index (κ3) is 4.07. The summed E-state index contributed by atoms with van der Waals surface area (Å²) in [5, 5.41) is 8.84. The van der Waals surface area contributed by atoms with E-state index in [9.17, 15) is 0 Å². The van der Waals surface area contributed by atoms with Gasteiger partial charge in [-0.1, -0.05) is 152 Å². The van der Waals surface area contributed by atoms with Crippen molar-refractivity contribution in [2.24, 2.45) is 0 Å². The summed E-state index contributed by atoms with van der Waals surface area (Å²) in [5.41, 5.74) is 13.0. The average Bonchev–Trinajstić information content (AvgIpc) is 3.66. The monoisotopic (exact) mass is 624 g/mol. The zero-order valence-electron chi connectivity index (χ0n) is 26.8. The summed E-state index contributed by atoms with van der Waals surface area (Å²) < 4.78 is 2.42. The summed E-state index contributed by atoms with van der Waals surface area (Å²) in [5.74, 6) is 0. The van der Waals surface area contributed by atoms with Crippen LogP contribution in [0.15, 0.2) is 188 Å². The number of para-hydroxylation sites is 1. The smallest absolute Gasteiger partial charge is 0.0714 e. The standard InChI is InChI=1S/C47H32N2/c1-4-15-33(16-5-1)47(34-17-6-2-7-18-34)43-23-13-12-22-39(43)40-28-25-35(30-44(40)47)48-36-26-29-41-42-27-24-32-14-10-11-21-38(32)46(42)49(45(41)31-36)37-19-8-3-9-20-37/h1-31,48H. The minimum Gasteiger partial charge on any atom is -0.355 e. The molecule has 1 aromatic heterocycles. The van der Waals surface area contributed by atoms with Gasteiger partial charge in [0.1, 0.15) is 0 Å². The van der Waals surface area contributed by atoms with Crippen LogP contribution >= 0.6 is 0 Å². The maximum atomic E-state index is 3.84. The second-order valence-corrected chi connectivity index (χ2v) is 13.0. The molecular formula is C47H32N2. The molecule has 49 heavy (non-hydrogen) atoms. The van der Waals surface area contributed by atoms with Gasteiger partial charge in [-0.2, -0.15) is 0 Å². The molecule has 0 radical (unpaired) electrons. The number of anilines is 2. The van der Waals surface area contributed by atoms with E-state index in [2.05, 4.69) is 198 Å². The van der Waals surface area contributed by atoms with E-state index in [0.717, 1.165) is 17.1 Å². The Hall–Kier alpha value is -6.38. The van der Waals surface area contributed by atoms with E-state index in [-0.39, 0.29) is 0 Å². The molecule has 230 valence electrons. The van der Waals surface area contributed by atoms with Crippen molar-refractivity contribution < 1.29 is 0 Å². The second-order valence-electron chi connectivity index (χ2n) is 13.0. The molecule has 0 spiro atoms. The quantitative estimate of drug-likeness (QED) is 0.202. The minimum absolute atomic E-state index is 0.434. The molecule has 0 amide bonds.